The monoisotopic (exact) mass is 645 g/mol. The Balaban J connectivity index is 1.15. The first-order valence-corrected chi connectivity index (χ1v) is 15.6. The summed E-state index contributed by atoms with van der Waals surface area (Å²) >= 11 is 1.48. The van der Waals surface area contributed by atoms with E-state index < -0.39 is 30.5 Å². The number of fused-ring (bicyclic) bond motifs is 1. The first-order chi connectivity index (χ1) is 21.6. The van der Waals surface area contributed by atoms with Gasteiger partial charge >= 0.3 is 6.36 Å². The van der Waals surface area contributed by atoms with Gasteiger partial charge in [-0.3, -0.25) is 4.98 Å². The van der Waals surface area contributed by atoms with Crippen molar-refractivity contribution in [3.63, 3.8) is 0 Å². The van der Waals surface area contributed by atoms with Crippen LogP contribution >= 0.6 is 11.3 Å². The van der Waals surface area contributed by atoms with Crippen LogP contribution in [0.3, 0.4) is 0 Å². The molecule has 240 valence electrons. The van der Waals surface area contributed by atoms with E-state index in [1.54, 1.807) is 24.5 Å². The highest BCUT2D eigenvalue weighted by Crippen LogP contribution is 2.38. The van der Waals surface area contributed by atoms with Gasteiger partial charge in [0.25, 0.3) is 0 Å². The summed E-state index contributed by atoms with van der Waals surface area (Å²) in [6, 6.07) is 7.28. The quantitative estimate of drug-likeness (QED) is 0.178. The molecule has 2 fully saturated rings. The van der Waals surface area contributed by atoms with Crippen LogP contribution in [0.1, 0.15) is 25.0 Å². The summed E-state index contributed by atoms with van der Waals surface area (Å²) in [5.41, 5.74) is 2.96. The maximum atomic E-state index is 12.5. The van der Waals surface area contributed by atoms with E-state index in [9.17, 15) is 28.5 Å². The molecule has 6 rings (SSSR count). The predicted octanol–water partition coefficient (Wildman–Crippen LogP) is 4.20. The molecule has 4 aromatic rings. The molecule has 4 unspecified atom stereocenters. The number of hydrogen-bond donors (Lipinski definition) is 5. The van der Waals surface area contributed by atoms with Gasteiger partial charge in [-0.2, -0.15) is 4.98 Å². The second-order valence-corrected chi connectivity index (χ2v) is 12.5. The molecular weight excluding hydrogens is 611 g/mol. The molecule has 0 spiro atoms. The Kier molecular flexibility index (Phi) is 8.95. The number of rotatable bonds is 9. The van der Waals surface area contributed by atoms with Gasteiger partial charge in [0, 0.05) is 44.0 Å². The number of nitrogens with one attached hydrogen (secondary N) is 2. The van der Waals surface area contributed by atoms with Crippen molar-refractivity contribution in [1.29, 1.82) is 0 Å². The van der Waals surface area contributed by atoms with E-state index in [1.165, 1.54) is 23.5 Å². The van der Waals surface area contributed by atoms with Gasteiger partial charge in [-0.05, 0) is 62.4 Å². The molecule has 3 aromatic heterocycles. The molecule has 0 radical (unpaired) electrons. The molecule has 0 amide bonds. The molecule has 4 atom stereocenters. The molecule has 2 aliphatic rings. The van der Waals surface area contributed by atoms with E-state index in [0.29, 0.717) is 46.9 Å². The van der Waals surface area contributed by atoms with E-state index in [1.807, 2.05) is 13.0 Å². The number of pyridine rings is 1. The van der Waals surface area contributed by atoms with Crippen molar-refractivity contribution in [2.45, 2.75) is 50.8 Å². The normalized spacial score (nSPS) is 22.6. The Labute approximate surface area is 261 Å². The van der Waals surface area contributed by atoms with Gasteiger partial charge in [0.1, 0.15) is 28.2 Å². The third-order valence-electron chi connectivity index (χ3n) is 8.45. The molecule has 1 aromatic carbocycles. The van der Waals surface area contributed by atoms with Crippen molar-refractivity contribution in [1.82, 2.24) is 19.9 Å². The standard InChI is InChI=1S/C30H34F3N7O4S/c1-16-24(28-38-22-14-34-9-6-23(22)45-28)27(37-21-12-18(15-41)25(42)26(21)43)39-29(36-16)35-13-17-7-10-40(11-8-17)19-2-4-20(5-3-19)44-30(31,32)33/h2-6,9,14,17-18,21,25-26,41-43H,7-8,10-13,15H2,1H3,(H2,35,36,37,39). The number of piperidine rings is 1. The number of ether oxygens (including phenoxy) is 1. The van der Waals surface area contributed by atoms with Crippen molar-refractivity contribution in [3.8, 4) is 16.3 Å². The lowest BCUT2D eigenvalue weighted by Gasteiger charge is -2.33. The SMILES string of the molecule is Cc1nc(NCC2CCN(c3ccc(OC(F)(F)F)cc3)CC2)nc(NC2CC(CO)C(O)C2O)c1-c1nc2cnccc2s1. The van der Waals surface area contributed by atoms with Crippen LogP contribution in [0.25, 0.3) is 20.8 Å². The Morgan fingerprint density at radius 1 is 1.04 bits per heavy atom. The molecular formula is C30H34F3N7O4S. The topological polar surface area (TPSA) is 149 Å². The van der Waals surface area contributed by atoms with Crippen molar-refractivity contribution < 1.29 is 33.2 Å². The Morgan fingerprint density at radius 2 is 1.80 bits per heavy atom. The predicted molar refractivity (Wildman–Crippen MR) is 164 cm³/mol. The fourth-order valence-corrected chi connectivity index (χ4v) is 7.04. The molecule has 1 aliphatic heterocycles. The number of aliphatic hydroxyl groups is 3. The molecule has 11 nitrogen and oxygen atoms in total. The zero-order chi connectivity index (χ0) is 31.7. The molecule has 1 saturated heterocycles. The maximum Gasteiger partial charge on any atom is 0.573 e. The van der Waals surface area contributed by atoms with Gasteiger partial charge < -0.3 is 35.6 Å². The minimum Gasteiger partial charge on any atom is -0.406 e. The van der Waals surface area contributed by atoms with Gasteiger partial charge in [-0.1, -0.05) is 0 Å². The second-order valence-electron chi connectivity index (χ2n) is 11.5. The largest absolute Gasteiger partial charge is 0.573 e. The van der Waals surface area contributed by atoms with Crippen LogP contribution in [0.15, 0.2) is 42.7 Å². The van der Waals surface area contributed by atoms with Gasteiger partial charge in [0.2, 0.25) is 5.95 Å². The summed E-state index contributed by atoms with van der Waals surface area (Å²) in [5.74, 6) is 0.512. The summed E-state index contributed by atoms with van der Waals surface area (Å²) in [6.07, 6.45) is -1.36. The average molecular weight is 646 g/mol. The van der Waals surface area contributed by atoms with Crippen molar-refractivity contribution in [2.75, 3.05) is 41.8 Å². The molecule has 4 heterocycles. The highest BCUT2D eigenvalue weighted by molar-refractivity contribution is 7.21. The number of thiazole rings is 1. The minimum absolute atomic E-state index is 0.236. The number of alkyl halides is 3. The van der Waals surface area contributed by atoms with E-state index in [2.05, 4.69) is 25.3 Å². The molecule has 0 bridgehead atoms. The van der Waals surface area contributed by atoms with Crippen LogP contribution in [-0.2, 0) is 0 Å². The van der Waals surface area contributed by atoms with Gasteiger partial charge in [0.15, 0.2) is 0 Å². The second kappa shape index (κ2) is 12.9. The number of benzene rings is 1. The fraction of sp³-hybridized carbons (Fsp3) is 0.467. The lowest BCUT2D eigenvalue weighted by molar-refractivity contribution is -0.274. The van der Waals surface area contributed by atoms with Gasteiger partial charge in [0.05, 0.1) is 34.3 Å². The van der Waals surface area contributed by atoms with E-state index in [0.717, 1.165) is 41.8 Å². The van der Waals surface area contributed by atoms with Crippen LogP contribution in [-0.4, -0.2) is 86.1 Å². The van der Waals surface area contributed by atoms with Crippen molar-refractivity contribution in [3.05, 3.63) is 48.4 Å². The summed E-state index contributed by atoms with van der Waals surface area (Å²) < 4.78 is 42.4. The van der Waals surface area contributed by atoms with Crippen LogP contribution in [0.2, 0.25) is 0 Å². The lowest BCUT2D eigenvalue weighted by atomic mass is 9.96. The number of aliphatic hydroxyl groups excluding tert-OH is 3. The zero-order valence-electron chi connectivity index (χ0n) is 24.4. The lowest BCUT2D eigenvalue weighted by Crippen LogP contribution is -2.36. The minimum atomic E-state index is -4.72. The average Bonchev–Trinajstić information content (AvgIpc) is 3.56. The summed E-state index contributed by atoms with van der Waals surface area (Å²) in [7, 11) is 0. The molecule has 1 saturated carbocycles. The van der Waals surface area contributed by atoms with Gasteiger partial charge in [-0.25, -0.2) is 9.97 Å². The number of hydrogen-bond acceptors (Lipinski definition) is 12. The number of halogens is 3. The van der Waals surface area contributed by atoms with Crippen LogP contribution in [0.5, 0.6) is 5.75 Å². The van der Waals surface area contributed by atoms with Crippen LogP contribution in [0, 0.1) is 18.8 Å². The Morgan fingerprint density at radius 3 is 2.47 bits per heavy atom. The summed E-state index contributed by atoms with van der Waals surface area (Å²) in [6.45, 7) is 3.75. The Hall–Kier alpha value is -3.79. The van der Waals surface area contributed by atoms with Crippen LogP contribution in [0.4, 0.5) is 30.6 Å². The molecule has 15 heteroatoms. The number of aromatic nitrogens is 4. The third-order valence-corrected chi connectivity index (χ3v) is 9.50. The molecule has 5 N–H and O–H groups in total. The molecule has 45 heavy (non-hydrogen) atoms. The number of nitrogens with zero attached hydrogens (tertiary/aromatic N) is 5. The summed E-state index contributed by atoms with van der Waals surface area (Å²) in [4.78, 5) is 20.6. The highest BCUT2D eigenvalue weighted by Gasteiger charge is 2.41. The fourth-order valence-electron chi connectivity index (χ4n) is 6.01. The summed E-state index contributed by atoms with van der Waals surface area (Å²) in [5, 5.41) is 38.2. The van der Waals surface area contributed by atoms with Crippen molar-refractivity contribution in [2.24, 2.45) is 11.8 Å². The van der Waals surface area contributed by atoms with E-state index in [-0.39, 0.29) is 12.4 Å². The number of aryl methyl sites for hydroxylation is 1. The first kappa shape index (κ1) is 31.2. The first-order valence-electron chi connectivity index (χ1n) is 14.8. The van der Waals surface area contributed by atoms with Crippen molar-refractivity contribution >= 4 is 39.0 Å². The zero-order valence-corrected chi connectivity index (χ0v) is 25.2. The maximum absolute atomic E-state index is 12.5. The highest BCUT2D eigenvalue weighted by atomic mass is 32.1. The Bertz CT molecular complexity index is 1580. The van der Waals surface area contributed by atoms with Crippen LogP contribution < -0.4 is 20.3 Å². The third kappa shape index (κ3) is 7.06. The van der Waals surface area contributed by atoms with E-state index >= 15 is 0 Å². The van der Waals surface area contributed by atoms with Gasteiger partial charge in [-0.15, -0.1) is 24.5 Å². The van der Waals surface area contributed by atoms with E-state index in [4.69, 9.17) is 15.0 Å². The smallest absolute Gasteiger partial charge is 0.406 e. The number of anilines is 3. The molecule has 1 aliphatic carbocycles.